The van der Waals surface area contributed by atoms with Crippen molar-refractivity contribution in [2.45, 2.75) is 38.7 Å². The Hall–Kier alpha value is -0.160. The van der Waals surface area contributed by atoms with Crippen molar-refractivity contribution in [1.82, 2.24) is 4.90 Å². The topological polar surface area (TPSA) is 58.7 Å². The lowest BCUT2D eigenvalue weighted by molar-refractivity contribution is 0.0562. The molecule has 0 aromatic rings. The van der Waals surface area contributed by atoms with Gasteiger partial charge < -0.3 is 20.5 Å². The van der Waals surface area contributed by atoms with E-state index in [9.17, 15) is 0 Å². The van der Waals surface area contributed by atoms with Crippen molar-refractivity contribution in [3.05, 3.63) is 0 Å². The molecule has 0 fully saturated rings. The van der Waals surface area contributed by atoms with Gasteiger partial charge in [-0.2, -0.15) is 0 Å². The standard InChI is InChI=1S/C12H28N2O2/c1-3-16-12(11-13)7-9-14(2)8-5-4-6-10-15/h12,15H,3-11,13H2,1-2H3. The van der Waals surface area contributed by atoms with E-state index >= 15 is 0 Å². The van der Waals surface area contributed by atoms with Gasteiger partial charge >= 0.3 is 0 Å². The summed E-state index contributed by atoms with van der Waals surface area (Å²) >= 11 is 0. The second-order valence-corrected chi connectivity index (χ2v) is 4.19. The molecule has 0 saturated heterocycles. The zero-order valence-electron chi connectivity index (χ0n) is 10.8. The molecule has 0 aliphatic rings. The van der Waals surface area contributed by atoms with E-state index in [1.165, 1.54) is 0 Å². The quantitative estimate of drug-likeness (QED) is 0.518. The average molecular weight is 232 g/mol. The number of aliphatic hydroxyl groups excluding tert-OH is 1. The summed E-state index contributed by atoms with van der Waals surface area (Å²) in [5.41, 5.74) is 5.61. The monoisotopic (exact) mass is 232 g/mol. The molecule has 0 aliphatic carbocycles. The van der Waals surface area contributed by atoms with E-state index in [1.54, 1.807) is 0 Å². The minimum Gasteiger partial charge on any atom is -0.396 e. The van der Waals surface area contributed by atoms with E-state index in [0.29, 0.717) is 13.2 Å². The van der Waals surface area contributed by atoms with Crippen LogP contribution in [0.5, 0.6) is 0 Å². The normalized spacial score (nSPS) is 13.3. The summed E-state index contributed by atoms with van der Waals surface area (Å²) in [6, 6.07) is 0. The first-order chi connectivity index (χ1) is 7.74. The highest BCUT2D eigenvalue weighted by Gasteiger charge is 2.07. The van der Waals surface area contributed by atoms with Crippen LogP contribution in [0.15, 0.2) is 0 Å². The number of nitrogens with two attached hydrogens (primary N) is 1. The third kappa shape index (κ3) is 9.09. The van der Waals surface area contributed by atoms with E-state index in [2.05, 4.69) is 11.9 Å². The maximum absolute atomic E-state index is 8.65. The van der Waals surface area contributed by atoms with Crippen molar-refractivity contribution >= 4 is 0 Å². The van der Waals surface area contributed by atoms with Crippen molar-refractivity contribution < 1.29 is 9.84 Å². The summed E-state index contributed by atoms with van der Waals surface area (Å²) in [5, 5.41) is 8.65. The molecule has 0 radical (unpaired) electrons. The number of hydrogen-bond donors (Lipinski definition) is 2. The van der Waals surface area contributed by atoms with Gasteiger partial charge in [-0.3, -0.25) is 0 Å². The lowest BCUT2D eigenvalue weighted by Gasteiger charge is -2.20. The summed E-state index contributed by atoms with van der Waals surface area (Å²) < 4.78 is 5.50. The predicted octanol–water partition coefficient (Wildman–Crippen LogP) is 0.835. The van der Waals surface area contributed by atoms with Gasteiger partial charge in [0.1, 0.15) is 0 Å². The molecule has 98 valence electrons. The molecule has 3 N–H and O–H groups in total. The average Bonchev–Trinajstić information content (AvgIpc) is 2.30. The third-order valence-electron chi connectivity index (χ3n) is 2.70. The molecule has 4 heteroatoms. The molecule has 0 rings (SSSR count). The Kier molecular flexibility index (Phi) is 11.2. The van der Waals surface area contributed by atoms with Crippen LogP contribution < -0.4 is 5.73 Å². The molecule has 1 unspecified atom stereocenters. The molecule has 16 heavy (non-hydrogen) atoms. The van der Waals surface area contributed by atoms with Crippen LogP contribution in [0.3, 0.4) is 0 Å². The Morgan fingerprint density at radius 1 is 1.25 bits per heavy atom. The molecule has 0 aromatic carbocycles. The van der Waals surface area contributed by atoms with Gasteiger partial charge in [-0.1, -0.05) is 0 Å². The number of ether oxygens (including phenoxy) is 1. The van der Waals surface area contributed by atoms with Gasteiger partial charge in [-0.25, -0.2) is 0 Å². The molecule has 1 atom stereocenters. The molecule has 0 bridgehead atoms. The van der Waals surface area contributed by atoms with Crippen LogP contribution in [0, 0.1) is 0 Å². The Balaban J connectivity index is 3.43. The number of unbranched alkanes of at least 4 members (excludes halogenated alkanes) is 2. The summed E-state index contributed by atoms with van der Waals surface area (Å²) in [6.07, 6.45) is 4.37. The van der Waals surface area contributed by atoms with E-state index in [4.69, 9.17) is 15.6 Å². The van der Waals surface area contributed by atoms with Crippen LogP contribution in [0.4, 0.5) is 0 Å². The first-order valence-electron chi connectivity index (χ1n) is 6.35. The van der Waals surface area contributed by atoms with Crippen molar-refractivity contribution in [3.8, 4) is 0 Å². The Bertz CT molecular complexity index is 145. The largest absolute Gasteiger partial charge is 0.396 e. The highest BCUT2D eigenvalue weighted by molar-refractivity contribution is 4.62. The Morgan fingerprint density at radius 3 is 2.56 bits per heavy atom. The molecule has 0 aliphatic heterocycles. The summed E-state index contributed by atoms with van der Waals surface area (Å²) in [4.78, 5) is 2.30. The molecule has 0 amide bonds. The minimum atomic E-state index is 0.199. The first kappa shape index (κ1) is 15.8. The molecular weight excluding hydrogens is 204 g/mol. The summed E-state index contributed by atoms with van der Waals surface area (Å²) in [5.74, 6) is 0. The van der Waals surface area contributed by atoms with Crippen molar-refractivity contribution in [2.24, 2.45) is 5.73 Å². The number of hydrogen-bond acceptors (Lipinski definition) is 4. The molecule has 0 saturated carbocycles. The first-order valence-corrected chi connectivity index (χ1v) is 6.35. The number of aliphatic hydroxyl groups is 1. The molecule has 0 spiro atoms. The SMILES string of the molecule is CCOC(CN)CCN(C)CCCCCO. The van der Waals surface area contributed by atoms with Crippen LogP contribution in [-0.2, 0) is 4.74 Å². The van der Waals surface area contributed by atoms with E-state index in [1.807, 2.05) is 6.92 Å². The van der Waals surface area contributed by atoms with Gasteiger partial charge in [-0.05, 0) is 46.2 Å². The molecule has 0 aromatic heterocycles. The lowest BCUT2D eigenvalue weighted by Crippen LogP contribution is -2.30. The maximum atomic E-state index is 8.65. The van der Waals surface area contributed by atoms with Gasteiger partial charge in [-0.15, -0.1) is 0 Å². The summed E-state index contributed by atoms with van der Waals surface area (Å²) in [7, 11) is 2.12. The van der Waals surface area contributed by atoms with Crippen LogP contribution in [-0.4, -0.2) is 56.0 Å². The number of rotatable bonds is 11. The fourth-order valence-electron chi connectivity index (χ4n) is 1.65. The van der Waals surface area contributed by atoms with Gasteiger partial charge in [0.25, 0.3) is 0 Å². The van der Waals surface area contributed by atoms with Crippen LogP contribution >= 0.6 is 0 Å². The van der Waals surface area contributed by atoms with Gasteiger partial charge in [0, 0.05) is 26.3 Å². The van der Waals surface area contributed by atoms with Gasteiger partial charge in [0.05, 0.1) is 6.10 Å². The van der Waals surface area contributed by atoms with Crippen LogP contribution in [0.25, 0.3) is 0 Å². The van der Waals surface area contributed by atoms with Crippen LogP contribution in [0.2, 0.25) is 0 Å². The molecule has 4 nitrogen and oxygen atoms in total. The molecule has 0 heterocycles. The maximum Gasteiger partial charge on any atom is 0.0709 e. The minimum absolute atomic E-state index is 0.199. The highest BCUT2D eigenvalue weighted by atomic mass is 16.5. The predicted molar refractivity (Wildman–Crippen MR) is 67.5 cm³/mol. The summed E-state index contributed by atoms with van der Waals surface area (Å²) in [6.45, 7) is 5.77. The number of nitrogens with zero attached hydrogens (tertiary/aromatic N) is 1. The van der Waals surface area contributed by atoms with Crippen molar-refractivity contribution in [1.29, 1.82) is 0 Å². The third-order valence-corrected chi connectivity index (χ3v) is 2.70. The van der Waals surface area contributed by atoms with E-state index in [0.717, 1.165) is 45.4 Å². The van der Waals surface area contributed by atoms with E-state index in [-0.39, 0.29) is 6.10 Å². The Morgan fingerprint density at radius 2 is 2.00 bits per heavy atom. The van der Waals surface area contributed by atoms with Gasteiger partial charge in [0.2, 0.25) is 0 Å². The zero-order chi connectivity index (χ0) is 12.2. The zero-order valence-corrected chi connectivity index (χ0v) is 10.8. The second kappa shape index (κ2) is 11.3. The fourth-order valence-corrected chi connectivity index (χ4v) is 1.65. The van der Waals surface area contributed by atoms with Crippen molar-refractivity contribution in [3.63, 3.8) is 0 Å². The second-order valence-electron chi connectivity index (χ2n) is 4.19. The van der Waals surface area contributed by atoms with E-state index < -0.39 is 0 Å². The van der Waals surface area contributed by atoms with Gasteiger partial charge in [0.15, 0.2) is 0 Å². The molecular formula is C12H28N2O2. The lowest BCUT2D eigenvalue weighted by atomic mass is 10.2. The smallest absolute Gasteiger partial charge is 0.0709 e. The fraction of sp³-hybridized carbons (Fsp3) is 1.00. The Labute approximate surface area is 99.8 Å². The van der Waals surface area contributed by atoms with Crippen molar-refractivity contribution in [2.75, 3.05) is 39.9 Å². The highest BCUT2D eigenvalue weighted by Crippen LogP contribution is 2.01. The van der Waals surface area contributed by atoms with Crippen LogP contribution in [0.1, 0.15) is 32.6 Å².